The zero-order chi connectivity index (χ0) is 15.5. The van der Waals surface area contributed by atoms with Gasteiger partial charge in [-0.05, 0) is 23.3 Å². The van der Waals surface area contributed by atoms with Crippen LogP contribution in [0, 0.1) is 0 Å². The first-order valence-corrected chi connectivity index (χ1v) is 7.05. The van der Waals surface area contributed by atoms with E-state index in [4.69, 9.17) is 5.11 Å². The van der Waals surface area contributed by atoms with Crippen LogP contribution in [0.25, 0.3) is 0 Å². The summed E-state index contributed by atoms with van der Waals surface area (Å²) in [6.07, 6.45) is -0.0537. The fourth-order valence-corrected chi connectivity index (χ4v) is 2.64. The topological polar surface area (TPSA) is 69.6 Å². The predicted octanol–water partition coefficient (Wildman–Crippen LogP) is 2.27. The number of carboxylic acids is 1. The molecule has 0 bridgehead atoms. The van der Waals surface area contributed by atoms with Gasteiger partial charge in [0.15, 0.2) is 0 Å². The highest BCUT2D eigenvalue weighted by Gasteiger charge is 2.22. The Morgan fingerprint density at radius 2 is 1.91 bits per heavy atom. The van der Waals surface area contributed by atoms with Gasteiger partial charge >= 0.3 is 5.97 Å². The number of fused-ring (bicyclic) bond motifs is 1. The lowest BCUT2D eigenvalue weighted by molar-refractivity contribution is -0.136. The van der Waals surface area contributed by atoms with E-state index in [2.05, 4.69) is 5.32 Å². The maximum Gasteiger partial charge on any atom is 0.307 e. The molecular formula is C17H16N2O3. The zero-order valence-corrected chi connectivity index (χ0v) is 12.0. The summed E-state index contributed by atoms with van der Waals surface area (Å²) in [6, 6.07) is 15.3. The second-order valence-electron chi connectivity index (χ2n) is 5.31. The third-order valence-electron chi connectivity index (χ3n) is 3.58. The van der Waals surface area contributed by atoms with Crippen molar-refractivity contribution < 1.29 is 14.7 Å². The molecule has 1 heterocycles. The maximum absolute atomic E-state index is 11.9. The van der Waals surface area contributed by atoms with Gasteiger partial charge in [-0.3, -0.25) is 9.59 Å². The maximum atomic E-state index is 11.9. The van der Waals surface area contributed by atoms with Gasteiger partial charge in [0.25, 0.3) is 0 Å². The molecule has 3 rings (SSSR count). The van der Waals surface area contributed by atoms with E-state index in [-0.39, 0.29) is 12.3 Å². The molecule has 1 amide bonds. The van der Waals surface area contributed by atoms with Crippen molar-refractivity contribution in [1.82, 2.24) is 0 Å². The molecule has 0 radical (unpaired) electrons. The van der Waals surface area contributed by atoms with E-state index < -0.39 is 5.97 Å². The number of nitrogens with one attached hydrogen (secondary N) is 1. The summed E-state index contributed by atoms with van der Waals surface area (Å²) in [5, 5.41) is 11.7. The summed E-state index contributed by atoms with van der Waals surface area (Å²) in [6.45, 7) is 0.930. The number of anilines is 2. The largest absolute Gasteiger partial charge is 0.481 e. The van der Waals surface area contributed by atoms with Crippen molar-refractivity contribution in [2.75, 3.05) is 16.8 Å². The number of carbonyl (C=O) groups excluding carboxylic acids is 1. The highest BCUT2D eigenvalue weighted by molar-refractivity contribution is 6.01. The van der Waals surface area contributed by atoms with Crippen molar-refractivity contribution in [2.24, 2.45) is 0 Å². The van der Waals surface area contributed by atoms with Crippen LogP contribution < -0.4 is 10.2 Å². The lowest BCUT2D eigenvalue weighted by Crippen LogP contribution is -2.37. The van der Waals surface area contributed by atoms with Gasteiger partial charge in [0.05, 0.1) is 24.3 Å². The summed E-state index contributed by atoms with van der Waals surface area (Å²) >= 11 is 0. The van der Waals surface area contributed by atoms with E-state index in [1.165, 1.54) is 0 Å². The molecule has 22 heavy (non-hydrogen) atoms. The van der Waals surface area contributed by atoms with Crippen LogP contribution in [0.5, 0.6) is 0 Å². The van der Waals surface area contributed by atoms with Crippen LogP contribution in [0.2, 0.25) is 0 Å². The lowest BCUT2D eigenvalue weighted by Gasteiger charge is -2.31. The molecule has 0 atom stereocenters. The Morgan fingerprint density at radius 1 is 1.14 bits per heavy atom. The number of benzene rings is 2. The molecule has 1 aliphatic rings. The highest BCUT2D eigenvalue weighted by Crippen LogP contribution is 2.31. The van der Waals surface area contributed by atoms with Gasteiger partial charge in [0, 0.05) is 6.54 Å². The number of aliphatic carboxylic acids is 1. The molecule has 0 spiro atoms. The Labute approximate surface area is 128 Å². The molecule has 5 nitrogen and oxygen atoms in total. The van der Waals surface area contributed by atoms with Gasteiger partial charge in [-0.2, -0.15) is 0 Å². The van der Waals surface area contributed by atoms with Crippen molar-refractivity contribution in [1.29, 1.82) is 0 Å². The molecule has 0 aliphatic carbocycles. The van der Waals surface area contributed by atoms with Crippen LogP contribution in [0.15, 0.2) is 48.5 Å². The Balaban J connectivity index is 1.89. The third-order valence-corrected chi connectivity index (χ3v) is 3.58. The molecule has 5 heteroatoms. The van der Waals surface area contributed by atoms with Gasteiger partial charge in [-0.25, -0.2) is 0 Å². The first-order valence-electron chi connectivity index (χ1n) is 7.05. The van der Waals surface area contributed by atoms with E-state index >= 15 is 0 Å². The number of hydrogen-bond acceptors (Lipinski definition) is 3. The smallest absolute Gasteiger partial charge is 0.307 e. The quantitative estimate of drug-likeness (QED) is 0.908. The van der Waals surface area contributed by atoms with Crippen LogP contribution in [0.4, 0.5) is 11.4 Å². The van der Waals surface area contributed by atoms with E-state index in [1.807, 2.05) is 41.3 Å². The Kier molecular flexibility index (Phi) is 3.78. The summed E-state index contributed by atoms with van der Waals surface area (Å²) in [4.78, 5) is 24.7. The first kappa shape index (κ1) is 14.1. The van der Waals surface area contributed by atoms with E-state index in [0.29, 0.717) is 24.3 Å². The average Bonchev–Trinajstić information content (AvgIpc) is 2.47. The van der Waals surface area contributed by atoms with E-state index in [1.54, 1.807) is 12.1 Å². The summed E-state index contributed by atoms with van der Waals surface area (Å²) < 4.78 is 0. The monoisotopic (exact) mass is 296 g/mol. The SMILES string of the molecule is O=C(O)Cc1ccc2c(c1)NC(=O)CN2Cc1ccccc1. The van der Waals surface area contributed by atoms with E-state index in [0.717, 1.165) is 11.3 Å². The molecule has 112 valence electrons. The second kappa shape index (κ2) is 5.89. The Morgan fingerprint density at radius 3 is 2.64 bits per heavy atom. The number of carbonyl (C=O) groups is 2. The average molecular weight is 296 g/mol. The number of amides is 1. The molecule has 2 aromatic rings. The summed E-state index contributed by atoms with van der Waals surface area (Å²) in [5.74, 6) is -0.973. The fraction of sp³-hybridized carbons (Fsp3) is 0.176. The third kappa shape index (κ3) is 3.09. The Bertz CT molecular complexity index is 713. The van der Waals surface area contributed by atoms with E-state index in [9.17, 15) is 9.59 Å². The van der Waals surface area contributed by atoms with Crippen molar-refractivity contribution in [3.63, 3.8) is 0 Å². The zero-order valence-electron chi connectivity index (χ0n) is 12.0. The molecule has 2 N–H and O–H groups in total. The van der Waals surface area contributed by atoms with Crippen molar-refractivity contribution in [3.8, 4) is 0 Å². The molecule has 0 fully saturated rings. The molecule has 0 aromatic heterocycles. The molecule has 0 saturated carbocycles. The van der Waals surface area contributed by atoms with Crippen LogP contribution >= 0.6 is 0 Å². The summed E-state index contributed by atoms with van der Waals surface area (Å²) in [5.41, 5.74) is 3.38. The van der Waals surface area contributed by atoms with Crippen molar-refractivity contribution in [3.05, 3.63) is 59.7 Å². The van der Waals surface area contributed by atoms with Crippen molar-refractivity contribution in [2.45, 2.75) is 13.0 Å². The molecule has 0 saturated heterocycles. The fourth-order valence-electron chi connectivity index (χ4n) is 2.64. The number of rotatable bonds is 4. The Hall–Kier alpha value is -2.82. The molecule has 2 aromatic carbocycles. The minimum absolute atomic E-state index is 0.0537. The van der Waals surface area contributed by atoms with Gasteiger partial charge in [-0.1, -0.05) is 36.4 Å². The highest BCUT2D eigenvalue weighted by atomic mass is 16.4. The van der Waals surface area contributed by atoms with Crippen LogP contribution in [-0.2, 0) is 22.6 Å². The minimum Gasteiger partial charge on any atom is -0.481 e. The molecular weight excluding hydrogens is 280 g/mol. The van der Waals surface area contributed by atoms with Gasteiger partial charge < -0.3 is 15.3 Å². The minimum atomic E-state index is -0.886. The number of hydrogen-bond donors (Lipinski definition) is 2. The normalized spacial score (nSPS) is 13.5. The summed E-state index contributed by atoms with van der Waals surface area (Å²) in [7, 11) is 0. The lowest BCUT2D eigenvalue weighted by atomic mass is 10.1. The number of nitrogens with zero attached hydrogens (tertiary/aromatic N) is 1. The van der Waals surface area contributed by atoms with Crippen LogP contribution in [0.1, 0.15) is 11.1 Å². The van der Waals surface area contributed by atoms with Gasteiger partial charge in [-0.15, -0.1) is 0 Å². The van der Waals surface area contributed by atoms with Crippen LogP contribution in [0.3, 0.4) is 0 Å². The predicted molar refractivity (Wildman–Crippen MR) is 83.9 cm³/mol. The second-order valence-corrected chi connectivity index (χ2v) is 5.31. The van der Waals surface area contributed by atoms with Crippen LogP contribution in [-0.4, -0.2) is 23.5 Å². The molecule has 1 aliphatic heterocycles. The number of carboxylic acid groups (broad SMARTS) is 1. The molecule has 0 unspecified atom stereocenters. The first-order chi connectivity index (χ1) is 10.6. The van der Waals surface area contributed by atoms with Crippen molar-refractivity contribution >= 4 is 23.3 Å². The standard InChI is InChI=1S/C17H16N2O3/c20-16-11-19(10-12-4-2-1-3-5-12)15-7-6-13(9-17(21)22)8-14(15)18-16/h1-8H,9-11H2,(H,18,20)(H,21,22). The van der Waals surface area contributed by atoms with Gasteiger partial charge in [0.2, 0.25) is 5.91 Å². The van der Waals surface area contributed by atoms with Gasteiger partial charge in [0.1, 0.15) is 0 Å².